The first-order valence-corrected chi connectivity index (χ1v) is 9.13. The average molecular weight is 392 g/mol. The minimum absolute atomic E-state index is 0.252. The van der Waals surface area contributed by atoms with Crippen LogP contribution in [0.25, 0.3) is 11.4 Å². The summed E-state index contributed by atoms with van der Waals surface area (Å²) >= 11 is 0. The average Bonchev–Trinajstić information content (AvgIpc) is 3.11. The summed E-state index contributed by atoms with van der Waals surface area (Å²) in [5.41, 5.74) is 8.58. The number of benzene rings is 2. The number of aromatic nitrogens is 3. The molecule has 0 radical (unpaired) electrons. The van der Waals surface area contributed by atoms with Crippen molar-refractivity contribution in [2.24, 2.45) is 5.73 Å². The third-order valence-corrected chi connectivity index (χ3v) is 4.96. The van der Waals surface area contributed by atoms with Crippen molar-refractivity contribution in [3.63, 3.8) is 0 Å². The molecule has 1 aromatic heterocycles. The molecule has 0 fully saturated rings. The lowest BCUT2D eigenvalue weighted by molar-refractivity contribution is -0.115. The second kappa shape index (κ2) is 7.05. The van der Waals surface area contributed by atoms with Crippen molar-refractivity contribution < 1.29 is 9.18 Å². The highest BCUT2D eigenvalue weighted by molar-refractivity contribution is 5.95. The van der Waals surface area contributed by atoms with Gasteiger partial charge in [-0.3, -0.25) is 4.79 Å². The zero-order valence-corrected chi connectivity index (χ0v) is 16.3. The van der Waals surface area contributed by atoms with Crippen molar-refractivity contribution in [3.8, 4) is 11.4 Å². The van der Waals surface area contributed by atoms with Gasteiger partial charge < -0.3 is 16.0 Å². The fraction of sp³-hybridized carbons (Fsp3) is 0.190. The number of carbonyl (C=O) groups excluding carboxylic acids is 1. The van der Waals surface area contributed by atoms with Crippen molar-refractivity contribution in [2.45, 2.75) is 13.0 Å². The molecule has 1 unspecified atom stereocenters. The van der Waals surface area contributed by atoms with Gasteiger partial charge in [-0.15, -0.1) is 5.10 Å². The molecule has 4 rings (SSSR count). The van der Waals surface area contributed by atoms with Crippen molar-refractivity contribution in [3.05, 3.63) is 71.2 Å². The Bertz CT molecular complexity index is 1120. The van der Waals surface area contributed by atoms with Crippen LogP contribution in [0.15, 0.2) is 59.8 Å². The van der Waals surface area contributed by atoms with Gasteiger partial charge in [-0.2, -0.15) is 4.98 Å². The summed E-state index contributed by atoms with van der Waals surface area (Å²) in [6.45, 7) is 1.72. The van der Waals surface area contributed by atoms with Crippen LogP contribution in [0, 0.1) is 5.82 Å². The van der Waals surface area contributed by atoms with Crippen molar-refractivity contribution in [1.82, 2.24) is 14.8 Å². The smallest absolute Gasteiger partial charge is 0.248 e. The van der Waals surface area contributed by atoms with Crippen molar-refractivity contribution >= 4 is 17.5 Å². The highest BCUT2D eigenvalue weighted by atomic mass is 19.1. The molecule has 8 heteroatoms. The second-order valence-corrected chi connectivity index (χ2v) is 7.10. The van der Waals surface area contributed by atoms with Crippen LogP contribution in [-0.2, 0) is 4.79 Å². The van der Waals surface area contributed by atoms with Gasteiger partial charge in [0.25, 0.3) is 0 Å². The first kappa shape index (κ1) is 18.7. The van der Waals surface area contributed by atoms with Gasteiger partial charge in [0.15, 0.2) is 5.82 Å². The van der Waals surface area contributed by atoms with Gasteiger partial charge in [0, 0.05) is 36.6 Å². The van der Waals surface area contributed by atoms with Gasteiger partial charge in [0.2, 0.25) is 11.9 Å². The molecule has 3 N–H and O–H groups in total. The fourth-order valence-corrected chi connectivity index (χ4v) is 3.49. The first-order valence-electron chi connectivity index (χ1n) is 9.13. The van der Waals surface area contributed by atoms with E-state index in [1.54, 1.807) is 25.1 Å². The fourth-order valence-electron chi connectivity index (χ4n) is 3.49. The van der Waals surface area contributed by atoms with Crippen molar-refractivity contribution in [2.75, 3.05) is 24.3 Å². The van der Waals surface area contributed by atoms with E-state index in [0.717, 1.165) is 11.3 Å². The summed E-state index contributed by atoms with van der Waals surface area (Å²) in [6.07, 6.45) is 0. The monoisotopic (exact) mass is 392 g/mol. The lowest BCUT2D eigenvalue weighted by Gasteiger charge is -2.27. The third kappa shape index (κ3) is 3.22. The van der Waals surface area contributed by atoms with Gasteiger partial charge in [0.05, 0.1) is 5.57 Å². The number of hydrogen-bond donors (Lipinski definition) is 2. The molecule has 0 saturated heterocycles. The summed E-state index contributed by atoms with van der Waals surface area (Å²) in [6, 6.07) is 13.3. The number of amides is 1. The molecule has 1 atom stereocenters. The predicted octanol–water partition coefficient (Wildman–Crippen LogP) is 2.92. The van der Waals surface area contributed by atoms with Crippen LogP contribution in [0.2, 0.25) is 0 Å². The number of nitrogens with two attached hydrogens (primary N) is 1. The number of hydrogen-bond acceptors (Lipinski definition) is 5. The molecule has 1 amide bonds. The summed E-state index contributed by atoms with van der Waals surface area (Å²) in [5.74, 6) is -0.185. The Morgan fingerprint density at radius 1 is 1.17 bits per heavy atom. The molecule has 2 heterocycles. The minimum Gasteiger partial charge on any atom is -0.378 e. The Labute approximate surface area is 167 Å². The van der Waals surface area contributed by atoms with Crippen LogP contribution in [0.3, 0.4) is 0 Å². The molecule has 29 heavy (non-hydrogen) atoms. The van der Waals surface area contributed by atoms with Gasteiger partial charge in [-0.05, 0) is 37.3 Å². The number of anilines is 2. The molecule has 1 aliphatic heterocycles. The Hall–Kier alpha value is -3.68. The topological polar surface area (TPSA) is 89.1 Å². The zero-order chi connectivity index (χ0) is 20.7. The normalized spacial score (nSPS) is 15.7. The predicted molar refractivity (Wildman–Crippen MR) is 110 cm³/mol. The second-order valence-electron chi connectivity index (χ2n) is 7.10. The Balaban J connectivity index is 1.84. The van der Waals surface area contributed by atoms with Crippen LogP contribution in [0.4, 0.5) is 16.0 Å². The van der Waals surface area contributed by atoms with Gasteiger partial charge in [-0.1, -0.05) is 18.2 Å². The molecule has 2 aromatic carbocycles. The van der Waals surface area contributed by atoms with Crippen LogP contribution in [0.1, 0.15) is 18.5 Å². The van der Waals surface area contributed by atoms with E-state index in [9.17, 15) is 9.18 Å². The molecule has 1 aliphatic rings. The standard InChI is InChI=1S/C21H21FN6O/c1-12-17(19(23)29)18(15-6-4-5-7-16(15)22)28-21(24-12)25-20(26-28)13-8-10-14(11-9-13)27(2)3/h4-11,18H,1-3H3,(H2,23,29)(H,24,25,26). The summed E-state index contributed by atoms with van der Waals surface area (Å²) in [4.78, 5) is 18.7. The van der Waals surface area contributed by atoms with E-state index in [4.69, 9.17) is 5.73 Å². The van der Waals surface area contributed by atoms with E-state index in [-0.39, 0.29) is 5.57 Å². The molecule has 3 aromatic rings. The quantitative estimate of drug-likeness (QED) is 0.713. The van der Waals surface area contributed by atoms with Crippen LogP contribution in [0.5, 0.6) is 0 Å². The van der Waals surface area contributed by atoms with Crippen molar-refractivity contribution in [1.29, 1.82) is 0 Å². The molecule has 0 spiro atoms. The molecule has 7 nitrogen and oxygen atoms in total. The number of halogens is 1. The molecule has 0 aliphatic carbocycles. The van der Waals surface area contributed by atoms with E-state index in [2.05, 4.69) is 15.4 Å². The number of nitrogens with zero attached hydrogens (tertiary/aromatic N) is 4. The number of rotatable bonds is 4. The van der Waals surface area contributed by atoms with E-state index < -0.39 is 17.8 Å². The minimum atomic E-state index is -0.799. The molecule has 148 valence electrons. The third-order valence-electron chi connectivity index (χ3n) is 4.96. The molecular weight excluding hydrogens is 371 g/mol. The zero-order valence-electron chi connectivity index (χ0n) is 16.3. The number of carbonyl (C=O) groups is 1. The highest BCUT2D eigenvalue weighted by Crippen LogP contribution is 2.37. The van der Waals surface area contributed by atoms with E-state index in [1.807, 2.05) is 43.3 Å². The maximum absolute atomic E-state index is 14.6. The van der Waals surface area contributed by atoms with Crippen LogP contribution >= 0.6 is 0 Å². The Morgan fingerprint density at radius 3 is 2.48 bits per heavy atom. The van der Waals surface area contributed by atoms with E-state index >= 15 is 0 Å². The first-order chi connectivity index (χ1) is 13.9. The lowest BCUT2D eigenvalue weighted by atomic mass is 9.95. The van der Waals surface area contributed by atoms with Gasteiger partial charge >= 0.3 is 0 Å². The Kier molecular flexibility index (Phi) is 4.54. The summed E-state index contributed by atoms with van der Waals surface area (Å²) in [7, 11) is 3.93. The van der Waals surface area contributed by atoms with Gasteiger partial charge in [0.1, 0.15) is 11.9 Å². The number of fused-ring (bicyclic) bond motifs is 1. The van der Waals surface area contributed by atoms with E-state index in [1.165, 1.54) is 10.7 Å². The van der Waals surface area contributed by atoms with Crippen LogP contribution in [-0.4, -0.2) is 34.8 Å². The lowest BCUT2D eigenvalue weighted by Crippen LogP contribution is -2.32. The molecular formula is C21H21FN6O. The van der Waals surface area contributed by atoms with Gasteiger partial charge in [-0.25, -0.2) is 9.07 Å². The molecule has 0 bridgehead atoms. The maximum Gasteiger partial charge on any atom is 0.248 e. The molecule has 0 saturated carbocycles. The SMILES string of the molecule is CC1=C(C(N)=O)C(c2ccccc2F)n2nc(-c3ccc(N(C)C)cc3)nc2N1. The number of primary amides is 1. The van der Waals surface area contributed by atoms with Crippen LogP contribution < -0.4 is 16.0 Å². The highest BCUT2D eigenvalue weighted by Gasteiger charge is 2.34. The number of nitrogens with one attached hydrogen (secondary N) is 1. The Morgan fingerprint density at radius 2 is 1.86 bits per heavy atom. The largest absolute Gasteiger partial charge is 0.378 e. The van der Waals surface area contributed by atoms with E-state index in [0.29, 0.717) is 23.0 Å². The summed E-state index contributed by atoms with van der Waals surface area (Å²) < 4.78 is 16.1. The maximum atomic E-state index is 14.6. The number of allylic oxidation sites excluding steroid dienone is 1. The summed E-state index contributed by atoms with van der Waals surface area (Å²) in [5, 5.41) is 7.65.